The van der Waals surface area contributed by atoms with Crippen molar-refractivity contribution in [3.63, 3.8) is 0 Å². The number of hydrogen-bond acceptors (Lipinski definition) is 4. The van der Waals surface area contributed by atoms with E-state index in [1.165, 1.54) is 0 Å². The first kappa shape index (κ1) is 11.2. The molecule has 0 saturated heterocycles. The number of nitrogens with zero attached hydrogens (tertiary/aromatic N) is 1. The van der Waals surface area contributed by atoms with E-state index in [2.05, 4.69) is 24.8 Å². The smallest absolute Gasteiger partial charge is 0.216 e. The standard InChI is InChI=1S/C6H13NO2S2/c1-7(2-4-8)3-5-9-6(10)11/h8H,2-5H2,1H3,(H,10,11). The van der Waals surface area contributed by atoms with Gasteiger partial charge in [-0.2, -0.15) is 0 Å². The summed E-state index contributed by atoms with van der Waals surface area (Å²) in [7, 11) is 1.90. The van der Waals surface area contributed by atoms with E-state index >= 15 is 0 Å². The van der Waals surface area contributed by atoms with Gasteiger partial charge in [-0.15, -0.1) is 0 Å². The predicted molar refractivity (Wildman–Crippen MR) is 52.1 cm³/mol. The second-order valence-electron chi connectivity index (χ2n) is 2.14. The number of thiocarbonyl (C=S) groups is 1. The highest BCUT2D eigenvalue weighted by molar-refractivity contribution is 8.10. The number of hydrogen-bond donors (Lipinski definition) is 2. The Labute approximate surface area is 77.7 Å². The van der Waals surface area contributed by atoms with Crippen LogP contribution in [-0.2, 0) is 4.74 Å². The molecule has 0 heterocycles. The highest BCUT2D eigenvalue weighted by atomic mass is 32.1. The summed E-state index contributed by atoms with van der Waals surface area (Å²) >= 11 is 8.38. The molecule has 0 aliphatic carbocycles. The average Bonchev–Trinajstić information content (AvgIpc) is 1.87. The largest absolute Gasteiger partial charge is 0.477 e. The number of ether oxygens (including phenoxy) is 1. The molecular weight excluding hydrogens is 182 g/mol. The van der Waals surface area contributed by atoms with Gasteiger partial charge in [0.15, 0.2) is 0 Å². The summed E-state index contributed by atoms with van der Waals surface area (Å²) in [5, 5.41) is 8.52. The van der Waals surface area contributed by atoms with Crippen molar-refractivity contribution in [2.45, 2.75) is 0 Å². The van der Waals surface area contributed by atoms with Gasteiger partial charge in [0, 0.05) is 13.1 Å². The Bertz CT molecular complexity index is 121. The molecule has 0 aromatic heterocycles. The van der Waals surface area contributed by atoms with Crippen molar-refractivity contribution in [1.82, 2.24) is 4.90 Å². The van der Waals surface area contributed by atoms with Crippen LogP contribution in [0.25, 0.3) is 0 Å². The SMILES string of the molecule is CN(CCO)CCOC(=S)S. The molecule has 0 aliphatic rings. The predicted octanol–water partition coefficient (Wildman–Crippen LogP) is 0.142. The molecule has 0 saturated carbocycles. The third-order valence-corrected chi connectivity index (χ3v) is 1.43. The number of aliphatic hydroxyl groups excluding tert-OH is 1. The maximum atomic E-state index is 8.52. The minimum Gasteiger partial charge on any atom is -0.477 e. The van der Waals surface area contributed by atoms with Crippen LogP contribution in [0, 0.1) is 0 Å². The van der Waals surface area contributed by atoms with Crippen LogP contribution in [0.15, 0.2) is 0 Å². The zero-order chi connectivity index (χ0) is 8.69. The molecule has 0 unspecified atom stereocenters. The lowest BCUT2D eigenvalue weighted by molar-refractivity contribution is 0.192. The first-order chi connectivity index (χ1) is 5.16. The summed E-state index contributed by atoms with van der Waals surface area (Å²) in [6.45, 7) is 2.10. The van der Waals surface area contributed by atoms with Crippen molar-refractivity contribution in [1.29, 1.82) is 0 Å². The van der Waals surface area contributed by atoms with Crippen LogP contribution in [0.2, 0.25) is 0 Å². The Morgan fingerprint density at radius 2 is 2.27 bits per heavy atom. The van der Waals surface area contributed by atoms with Crippen molar-refractivity contribution in [3.05, 3.63) is 0 Å². The van der Waals surface area contributed by atoms with Crippen LogP contribution in [0.5, 0.6) is 0 Å². The van der Waals surface area contributed by atoms with E-state index < -0.39 is 0 Å². The van der Waals surface area contributed by atoms with E-state index in [9.17, 15) is 0 Å². The lowest BCUT2D eigenvalue weighted by Crippen LogP contribution is -2.26. The number of thiol groups is 1. The molecule has 1 N–H and O–H groups in total. The lowest BCUT2D eigenvalue weighted by Gasteiger charge is -2.14. The van der Waals surface area contributed by atoms with Gasteiger partial charge in [0.2, 0.25) is 4.38 Å². The third-order valence-electron chi connectivity index (χ3n) is 1.18. The molecule has 66 valence electrons. The lowest BCUT2D eigenvalue weighted by atomic mass is 10.5. The maximum absolute atomic E-state index is 8.52. The fraction of sp³-hybridized carbons (Fsp3) is 0.833. The van der Waals surface area contributed by atoms with Gasteiger partial charge in [-0.05, 0) is 19.3 Å². The van der Waals surface area contributed by atoms with Crippen molar-refractivity contribution in [3.8, 4) is 0 Å². The Morgan fingerprint density at radius 1 is 1.64 bits per heavy atom. The Kier molecular flexibility index (Phi) is 6.94. The highest BCUT2D eigenvalue weighted by Crippen LogP contribution is 1.88. The second kappa shape index (κ2) is 6.84. The molecule has 0 atom stereocenters. The molecule has 0 bridgehead atoms. The van der Waals surface area contributed by atoms with Gasteiger partial charge in [0.25, 0.3) is 0 Å². The Hall–Kier alpha value is 0.160. The quantitative estimate of drug-likeness (QED) is 0.483. The van der Waals surface area contributed by atoms with E-state index in [1.54, 1.807) is 0 Å². The zero-order valence-electron chi connectivity index (χ0n) is 6.49. The normalized spacial score (nSPS) is 10.2. The first-order valence-corrected chi connectivity index (χ1v) is 4.17. The van der Waals surface area contributed by atoms with Crippen LogP contribution in [0.3, 0.4) is 0 Å². The minimum absolute atomic E-state index is 0.168. The summed E-state index contributed by atoms with van der Waals surface area (Å²) in [6.07, 6.45) is 0. The maximum Gasteiger partial charge on any atom is 0.216 e. The molecule has 0 aromatic carbocycles. The molecule has 0 aromatic rings. The number of likely N-dealkylation sites (N-methyl/N-ethyl adjacent to an activating group) is 1. The van der Waals surface area contributed by atoms with Crippen molar-refractivity contribution in [2.24, 2.45) is 0 Å². The zero-order valence-corrected chi connectivity index (χ0v) is 8.20. The van der Waals surface area contributed by atoms with Gasteiger partial charge in [-0.25, -0.2) is 0 Å². The molecule has 0 spiro atoms. The van der Waals surface area contributed by atoms with Crippen molar-refractivity contribution in [2.75, 3.05) is 33.4 Å². The van der Waals surface area contributed by atoms with Gasteiger partial charge in [0.1, 0.15) is 6.61 Å². The van der Waals surface area contributed by atoms with Crippen LogP contribution >= 0.6 is 24.8 Å². The monoisotopic (exact) mass is 195 g/mol. The molecule has 3 nitrogen and oxygen atoms in total. The van der Waals surface area contributed by atoms with Gasteiger partial charge < -0.3 is 14.7 Å². The third kappa shape index (κ3) is 8.06. The summed E-state index contributed by atoms with van der Waals surface area (Å²) in [6, 6.07) is 0. The van der Waals surface area contributed by atoms with E-state index in [-0.39, 0.29) is 11.0 Å². The van der Waals surface area contributed by atoms with Crippen LogP contribution in [0.1, 0.15) is 0 Å². The van der Waals surface area contributed by atoms with Crippen LogP contribution in [0.4, 0.5) is 0 Å². The van der Waals surface area contributed by atoms with Gasteiger partial charge in [-0.3, -0.25) is 0 Å². The topological polar surface area (TPSA) is 32.7 Å². The highest BCUT2D eigenvalue weighted by Gasteiger charge is 1.96. The number of rotatable bonds is 5. The Balaban J connectivity index is 3.16. The average molecular weight is 195 g/mol. The molecular formula is C6H13NO2S2. The van der Waals surface area contributed by atoms with E-state index in [4.69, 9.17) is 9.84 Å². The summed E-state index contributed by atoms with van der Waals surface area (Å²) in [5.41, 5.74) is 0. The number of aliphatic hydroxyl groups is 1. The summed E-state index contributed by atoms with van der Waals surface area (Å²) in [4.78, 5) is 1.95. The Morgan fingerprint density at radius 3 is 2.73 bits per heavy atom. The summed E-state index contributed by atoms with van der Waals surface area (Å²) in [5.74, 6) is 0. The van der Waals surface area contributed by atoms with E-state index in [0.29, 0.717) is 13.2 Å². The van der Waals surface area contributed by atoms with Crippen LogP contribution < -0.4 is 0 Å². The van der Waals surface area contributed by atoms with E-state index in [0.717, 1.165) is 6.54 Å². The van der Waals surface area contributed by atoms with Crippen molar-refractivity contribution < 1.29 is 9.84 Å². The minimum atomic E-state index is 0.168. The molecule has 11 heavy (non-hydrogen) atoms. The van der Waals surface area contributed by atoms with Crippen LogP contribution in [-0.4, -0.2) is 47.7 Å². The van der Waals surface area contributed by atoms with Gasteiger partial charge in [0.05, 0.1) is 6.61 Å². The van der Waals surface area contributed by atoms with Gasteiger partial charge >= 0.3 is 0 Å². The molecule has 5 heteroatoms. The summed E-state index contributed by atoms with van der Waals surface area (Å²) < 4.78 is 5.20. The molecule has 0 radical (unpaired) electrons. The molecule has 0 rings (SSSR count). The fourth-order valence-corrected chi connectivity index (χ4v) is 0.746. The van der Waals surface area contributed by atoms with E-state index in [1.807, 2.05) is 11.9 Å². The van der Waals surface area contributed by atoms with Gasteiger partial charge in [-0.1, -0.05) is 12.6 Å². The first-order valence-electron chi connectivity index (χ1n) is 3.32. The molecule has 0 fully saturated rings. The molecule has 0 amide bonds. The van der Waals surface area contributed by atoms with Crippen molar-refractivity contribution >= 4 is 29.2 Å². The molecule has 0 aliphatic heterocycles. The fourth-order valence-electron chi connectivity index (χ4n) is 0.571. The second-order valence-corrected chi connectivity index (χ2v) is 3.22.